The molecule has 1 aliphatic rings. The molecule has 2 aromatic heterocycles. The lowest BCUT2D eigenvalue weighted by Gasteiger charge is -2.20. The number of alkyl halides is 1. The van der Waals surface area contributed by atoms with Crippen molar-refractivity contribution in [2.24, 2.45) is 0 Å². The van der Waals surface area contributed by atoms with Crippen LogP contribution in [-0.2, 0) is 0 Å². The fraction of sp³-hybridized carbons (Fsp3) is 0.318. The number of aromatic amines is 1. The van der Waals surface area contributed by atoms with Gasteiger partial charge >= 0.3 is 0 Å². The number of anilines is 2. The molecule has 1 aromatic carbocycles. The first-order valence-electron chi connectivity index (χ1n) is 9.93. The van der Waals surface area contributed by atoms with Gasteiger partial charge in [-0.2, -0.15) is 9.49 Å². The number of nitrogens with one attached hydrogen (secondary N) is 2. The minimum Gasteiger partial charge on any atom is -0.459 e. The van der Waals surface area contributed by atoms with Gasteiger partial charge in [0.15, 0.2) is 0 Å². The molecule has 156 valence electrons. The molecular formula is C22H24FN5O2. The lowest BCUT2D eigenvalue weighted by molar-refractivity contribution is -0.0257. The van der Waals surface area contributed by atoms with Gasteiger partial charge in [0.05, 0.1) is 11.3 Å². The number of hydrogen-bond donors (Lipinski definition) is 2. The van der Waals surface area contributed by atoms with Crippen LogP contribution in [0.2, 0.25) is 0 Å². The number of carbonyl (C=O) groups excluding carboxylic acids is 1. The highest BCUT2D eigenvalue weighted by atomic mass is 19.2. The molecule has 0 radical (unpaired) electrons. The molecule has 8 heteroatoms. The lowest BCUT2D eigenvalue weighted by atomic mass is 10.1. The highest BCUT2D eigenvalue weighted by molar-refractivity contribution is 6.05. The van der Waals surface area contributed by atoms with E-state index in [4.69, 9.17) is 4.74 Å². The minimum atomic E-state index is -1.77. The number of ether oxygens (including phenoxy) is 1. The summed E-state index contributed by atoms with van der Waals surface area (Å²) in [5, 5.41) is 9.84. The van der Waals surface area contributed by atoms with E-state index in [2.05, 4.69) is 25.4 Å². The standard InChI is InChI=1S/C22H24FN5O2/c1-22(2,23)30-17-7-5-16(6-8-17)26-21(29)15-13-18(19-9-10-25-27-19)20(24-14-15)28-11-3-4-12-28/h5-10,13-14H,3-4,11-12H2,1-2H3,(H,25,27)(H,26,29). The van der Waals surface area contributed by atoms with Gasteiger partial charge in [0, 0.05) is 50.6 Å². The maximum atomic E-state index is 13.6. The predicted molar refractivity (Wildman–Crippen MR) is 113 cm³/mol. The summed E-state index contributed by atoms with van der Waals surface area (Å²) >= 11 is 0. The molecule has 4 rings (SSSR count). The Morgan fingerprint density at radius 2 is 1.93 bits per heavy atom. The SMILES string of the molecule is CC(C)(F)Oc1ccc(NC(=O)c2cnc(N3CCCC3)c(-c3ccn[nH]3)c2)cc1. The van der Waals surface area contributed by atoms with Crippen molar-refractivity contribution < 1.29 is 13.9 Å². The molecule has 1 fully saturated rings. The van der Waals surface area contributed by atoms with E-state index in [0.717, 1.165) is 43.0 Å². The van der Waals surface area contributed by atoms with Crippen molar-refractivity contribution in [3.63, 3.8) is 0 Å². The van der Waals surface area contributed by atoms with E-state index >= 15 is 0 Å². The third-order valence-corrected chi connectivity index (χ3v) is 4.80. The highest BCUT2D eigenvalue weighted by Gasteiger charge is 2.21. The lowest BCUT2D eigenvalue weighted by Crippen LogP contribution is -2.21. The highest BCUT2D eigenvalue weighted by Crippen LogP contribution is 2.31. The van der Waals surface area contributed by atoms with E-state index in [0.29, 0.717) is 17.0 Å². The Balaban J connectivity index is 1.55. The summed E-state index contributed by atoms with van der Waals surface area (Å²) in [5.74, 6) is -0.811. The van der Waals surface area contributed by atoms with Crippen LogP contribution in [0.3, 0.4) is 0 Å². The minimum absolute atomic E-state index is 0.282. The number of benzene rings is 1. The summed E-state index contributed by atoms with van der Waals surface area (Å²) < 4.78 is 18.8. The molecule has 30 heavy (non-hydrogen) atoms. The Morgan fingerprint density at radius 3 is 2.57 bits per heavy atom. The summed E-state index contributed by atoms with van der Waals surface area (Å²) in [6.45, 7) is 4.56. The Bertz CT molecular complexity index is 1010. The van der Waals surface area contributed by atoms with Gasteiger partial charge in [-0.05, 0) is 49.2 Å². The summed E-state index contributed by atoms with van der Waals surface area (Å²) in [6, 6.07) is 10.3. The van der Waals surface area contributed by atoms with E-state index in [1.807, 2.05) is 12.1 Å². The smallest absolute Gasteiger partial charge is 0.257 e. The van der Waals surface area contributed by atoms with Gasteiger partial charge < -0.3 is 15.0 Å². The second-order valence-electron chi connectivity index (χ2n) is 7.70. The van der Waals surface area contributed by atoms with Crippen LogP contribution in [0.15, 0.2) is 48.8 Å². The van der Waals surface area contributed by atoms with Crippen LogP contribution in [0, 0.1) is 0 Å². The van der Waals surface area contributed by atoms with Crippen LogP contribution in [0.4, 0.5) is 15.9 Å². The van der Waals surface area contributed by atoms with Crippen molar-refractivity contribution in [2.75, 3.05) is 23.3 Å². The van der Waals surface area contributed by atoms with Gasteiger partial charge in [0.2, 0.25) is 5.85 Å². The van der Waals surface area contributed by atoms with E-state index in [9.17, 15) is 9.18 Å². The maximum Gasteiger partial charge on any atom is 0.257 e. The molecule has 1 aliphatic heterocycles. The number of nitrogens with zero attached hydrogens (tertiary/aromatic N) is 3. The van der Waals surface area contributed by atoms with Gasteiger partial charge in [-0.15, -0.1) is 0 Å². The topological polar surface area (TPSA) is 83.1 Å². The zero-order valence-corrected chi connectivity index (χ0v) is 17.0. The second-order valence-corrected chi connectivity index (χ2v) is 7.70. The van der Waals surface area contributed by atoms with Crippen molar-refractivity contribution in [1.29, 1.82) is 0 Å². The number of rotatable bonds is 6. The van der Waals surface area contributed by atoms with Crippen molar-refractivity contribution >= 4 is 17.4 Å². The molecule has 0 saturated carbocycles. The van der Waals surface area contributed by atoms with Crippen molar-refractivity contribution in [2.45, 2.75) is 32.5 Å². The fourth-order valence-corrected chi connectivity index (χ4v) is 3.46. The average Bonchev–Trinajstić information content (AvgIpc) is 3.42. The van der Waals surface area contributed by atoms with E-state index in [-0.39, 0.29) is 5.91 Å². The van der Waals surface area contributed by atoms with Crippen LogP contribution >= 0.6 is 0 Å². The summed E-state index contributed by atoms with van der Waals surface area (Å²) in [4.78, 5) is 19.6. The third kappa shape index (κ3) is 4.59. The van der Waals surface area contributed by atoms with Crippen LogP contribution in [0.5, 0.6) is 5.75 Å². The number of halogens is 1. The molecular weight excluding hydrogens is 385 g/mol. The van der Waals surface area contributed by atoms with Crippen LogP contribution < -0.4 is 15.0 Å². The van der Waals surface area contributed by atoms with Crippen molar-refractivity contribution in [3.05, 3.63) is 54.4 Å². The van der Waals surface area contributed by atoms with Gasteiger partial charge in [-0.1, -0.05) is 0 Å². The fourth-order valence-electron chi connectivity index (χ4n) is 3.46. The number of carbonyl (C=O) groups is 1. The summed E-state index contributed by atoms with van der Waals surface area (Å²) in [6.07, 6.45) is 5.53. The molecule has 2 N–H and O–H groups in total. The van der Waals surface area contributed by atoms with Gasteiger partial charge in [0.25, 0.3) is 5.91 Å². The Kier molecular flexibility index (Phi) is 5.39. The molecule has 0 bridgehead atoms. The first-order valence-corrected chi connectivity index (χ1v) is 9.93. The quantitative estimate of drug-likeness (QED) is 0.630. The van der Waals surface area contributed by atoms with Crippen LogP contribution in [0.1, 0.15) is 37.0 Å². The normalized spacial score (nSPS) is 14.0. The first kappa shape index (κ1) is 19.9. The van der Waals surface area contributed by atoms with E-state index < -0.39 is 5.85 Å². The molecule has 0 atom stereocenters. The Morgan fingerprint density at radius 1 is 1.20 bits per heavy atom. The molecule has 0 aliphatic carbocycles. The second kappa shape index (κ2) is 8.14. The van der Waals surface area contributed by atoms with E-state index in [1.165, 1.54) is 13.8 Å². The number of H-pyrrole nitrogens is 1. The first-order chi connectivity index (χ1) is 14.4. The van der Waals surface area contributed by atoms with Crippen LogP contribution in [0.25, 0.3) is 11.3 Å². The maximum absolute atomic E-state index is 13.6. The van der Waals surface area contributed by atoms with Gasteiger partial charge in [-0.25, -0.2) is 4.98 Å². The molecule has 0 unspecified atom stereocenters. The van der Waals surface area contributed by atoms with Crippen molar-refractivity contribution in [1.82, 2.24) is 15.2 Å². The van der Waals surface area contributed by atoms with E-state index in [1.54, 1.807) is 36.7 Å². The van der Waals surface area contributed by atoms with Crippen molar-refractivity contribution in [3.8, 4) is 17.0 Å². The molecule has 1 amide bonds. The molecule has 3 aromatic rings. The largest absolute Gasteiger partial charge is 0.459 e. The van der Waals surface area contributed by atoms with Gasteiger partial charge in [-0.3, -0.25) is 9.89 Å². The Hall–Kier alpha value is -3.42. The summed E-state index contributed by atoms with van der Waals surface area (Å²) in [5.41, 5.74) is 2.67. The Labute approximate surface area is 174 Å². The van der Waals surface area contributed by atoms with Crippen LogP contribution in [-0.4, -0.2) is 40.0 Å². The number of hydrogen-bond acceptors (Lipinski definition) is 5. The zero-order chi connectivity index (χ0) is 21.1. The number of aromatic nitrogens is 3. The molecule has 3 heterocycles. The molecule has 7 nitrogen and oxygen atoms in total. The predicted octanol–water partition coefficient (Wildman–Crippen LogP) is 4.41. The number of amides is 1. The zero-order valence-electron chi connectivity index (χ0n) is 17.0. The average molecular weight is 409 g/mol. The van der Waals surface area contributed by atoms with Gasteiger partial charge in [0.1, 0.15) is 11.6 Å². The molecule has 0 spiro atoms. The number of pyridine rings is 1. The molecule has 1 saturated heterocycles. The third-order valence-electron chi connectivity index (χ3n) is 4.80. The summed E-state index contributed by atoms with van der Waals surface area (Å²) in [7, 11) is 0. The monoisotopic (exact) mass is 409 g/mol.